The zero-order chi connectivity index (χ0) is 10.3. The highest BCUT2D eigenvalue weighted by atomic mass is 16.2. The van der Waals surface area contributed by atoms with Crippen molar-refractivity contribution in [3.63, 3.8) is 0 Å². The van der Waals surface area contributed by atoms with Crippen molar-refractivity contribution in [1.29, 1.82) is 0 Å². The zero-order valence-corrected chi connectivity index (χ0v) is 7.70. The van der Waals surface area contributed by atoms with Crippen LogP contribution in [0.4, 0.5) is 0 Å². The average Bonchev–Trinajstić information content (AvgIpc) is 2.45. The van der Waals surface area contributed by atoms with Gasteiger partial charge in [0.2, 0.25) is 0 Å². The Morgan fingerprint density at radius 3 is 3.00 bits per heavy atom. The van der Waals surface area contributed by atoms with Crippen molar-refractivity contribution >= 4 is 11.8 Å². The molecule has 0 unspecified atom stereocenters. The van der Waals surface area contributed by atoms with E-state index in [0.29, 0.717) is 24.2 Å². The number of hydrogen-bond donors (Lipinski definition) is 2. The van der Waals surface area contributed by atoms with Crippen LogP contribution in [0.2, 0.25) is 0 Å². The van der Waals surface area contributed by atoms with Gasteiger partial charge in [0, 0.05) is 19.2 Å². The molecule has 0 aromatic carbocycles. The summed E-state index contributed by atoms with van der Waals surface area (Å²) in [7, 11) is 1.62. The lowest BCUT2D eigenvalue weighted by molar-refractivity contribution is 0.0936. The molecule has 1 aromatic rings. The van der Waals surface area contributed by atoms with Crippen molar-refractivity contribution < 1.29 is 9.59 Å². The van der Waals surface area contributed by atoms with Crippen molar-refractivity contribution in [1.82, 2.24) is 15.1 Å². The van der Waals surface area contributed by atoms with Gasteiger partial charge < -0.3 is 11.1 Å². The first kappa shape index (κ1) is 8.74. The quantitative estimate of drug-likeness (QED) is 0.588. The Morgan fingerprint density at radius 1 is 1.64 bits per heavy atom. The molecular weight excluding hydrogens is 184 g/mol. The third kappa shape index (κ3) is 1.07. The SMILES string of the molecule is Cn1nc(C(N)=O)c2c1C(=O)NCC2. The van der Waals surface area contributed by atoms with Gasteiger partial charge in [-0.15, -0.1) is 0 Å². The van der Waals surface area contributed by atoms with Gasteiger partial charge in [-0.05, 0) is 6.42 Å². The summed E-state index contributed by atoms with van der Waals surface area (Å²) in [6, 6.07) is 0. The molecule has 2 heterocycles. The topological polar surface area (TPSA) is 90.0 Å². The second-order valence-electron chi connectivity index (χ2n) is 3.17. The third-order valence-electron chi connectivity index (χ3n) is 2.25. The van der Waals surface area contributed by atoms with E-state index in [2.05, 4.69) is 10.4 Å². The molecule has 0 saturated heterocycles. The van der Waals surface area contributed by atoms with E-state index in [1.165, 1.54) is 4.68 Å². The smallest absolute Gasteiger partial charge is 0.269 e. The van der Waals surface area contributed by atoms with E-state index < -0.39 is 5.91 Å². The van der Waals surface area contributed by atoms with Crippen molar-refractivity contribution in [2.45, 2.75) is 6.42 Å². The number of nitrogens with one attached hydrogen (secondary N) is 1. The highest BCUT2D eigenvalue weighted by Crippen LogP contribution is 2.16. The van der Waals surface area contributed by atoms with Gasteiger partial charge in [0.25, 0.3) is 11.8 Å². The van der Waals surface area contributed by atoms with Gasteiger partial charge >= 0.3 is 0 Å². The molecule has 0 bridgehead atoms. The maximum atomic E-state index is 11.4. The summed E-state index contributed by atoms with van der Waals surface area (Å²) in [5.41, 5.74) is 6.45. The van der Waals surface area contributed by atoms with Crippen molar-refractivity contribution in [3.05, 3.63) is 17.0 Å². The van der Waals surface area contributed by atoms with Crippen LogP contribution in [-0.4, -0.2) is 28.1 Å². The van der Waals surface area contributed by atoms with E-state index in [4.69, 9.17) is 5.73 Å². The van der Waals surface area contributed by atoms with E-state index in [1.807, 2.05) is 0 Å². The van der Waals surface area contributed by atoms with Crippen LogP contribution < -0.4 is 11.1 Å². The van der Waals surface area contributed by atoms with Crippen LogP contribution in [-0.2, 0) is 13.5 Å². The highest BCUT2D eigenvalue weighted by Gasteiger charge is 2.27. The fraction of sp³-hybridized carbons (Fsp3) is 0.375. The first-order valence-electron chi connectivity index (χ1n) is 4.25. The van der Waals surface area contributed by atoms with Crippen molar-refractivity contribution in [2.24, 2.45) is 12.8 Å². The lowest BCUT2D eigenvalue weighted by atomic mass is 10.1. The largest absolute Gasteiger partial charge is 0.364 e. The summed E-state index contributed by atoms with van der Waals surface area (Å²) < 4.78 is 1.39. The number of primary amides is 1. The maximum Gasteiger partial charge on any atom is 0.269 e. The monoisotopic (exact) mass is 194 g/mol. The van der Waals surface area contributed by atoms with Crippen LogP contribution in [0.15, 0.2) is 0 Å². The summed E-state index contributed by atoms with van der Waals surface area (Å²) in [6.07, 6.45) is 0.604. The number of nitrogens with two attached hydrogens (primary N) is 1. The molecule has 1 aliphatic heterocycles. The molecule has 2 amide bonds. The van der Waals surface area contributed by atoms with Crippen LogP contribution in [0.25, 0.3) is 0 Å². The number of rotatable bonds is 1. The van der Waals surface area contributed by atoms with Gasteiger partial charge in [-0.2, -0.15) is 5.10 Å². The van der Waals surface area contributed by atoms with Gasteiger partial charge in [0.1, 0.15) is 5.69 Å². The van der Waals surface area contributed by atoms with Gasteiger partial charge in [-0.1, -0.05) is 0 Å². The Kier molecular flexibility index (Phi) is 1.77. The summed E-state index contributed by atoms with van der Waals surface area (Å²) in [5, 5.41) is 6.60. The van der Waals surface area contributed by atoms with Gasteiger partial charge in [0.15, 0.2) is 5.69 Å². The molecule has 1 aliphatic rings. The van der Waals surface area contributed by atoms with Gasteiger partial charge in [-0.25, -0.2) is 0 Å². The number of carbonyl (C=O) groups excluding carboxylic acids is 2. The number of aryl methyl sites for hydroxylation is 1. The molecule has 0 radical (unpaired) electrons. The van der Waals surface area contributed by atoms with Crippen molar-refractivity contribution in [3.8, 4) is 0 Å². The minimum Gasteiger partial charge on any atom is -0.364 e. The molecule has 0 aliphatic carbocycles. The number of amides is 2. The second-order valence-corrected chi connectivity index (χ2v) is 3.17. The molecule has 6 nitrogen and oxygen atoms in total. The molecule has 6 heteroatoms. The molecule has 14 heavy (non-hydrogen) atoms. The number of carbonyl (C=O) groups is 2. The van der Waals surface area contributed by atoms with Crippen LogP contribution in [0.3, 0.4) is 0 Å². The molecule has 0 atom stereocenters. The van der Waals surface area contributed by atoms with Crippen molar-refractivity contribution in [2.75, 3.05) is 6.54 Å². The molecule has 0 fully saturated rings. The first-order chi connectivity index (χ1) is 6.61. The Labute approximate surface area is 80.1 Å². The standard InChI is InChI=1S/C8H10N4O2/c1-12-6-4(2-3-10-8(6)14)5(11-12)7(9)13/h2-3H2,1H3,(H2,9,13)(H,10,14). The second kappa shape index (κ2) is 2.83. The predicted octanol–water partition coefficient (Wildman–Crippen LogP) is -1.20. The number of fused-ring (bicyclic) bond motifs is 1. The van der Waals surface area contributed by atoms with E-state index in [-0.39, 0.29) is 11.6 Å². The Balaban J connectivity index is 2.63. The van der Waals surface area contributed by atoms with Gasteiger partial charge in [-0.3, -0.25) is 14.3 Å². The van der Waals surface area contributed by atoms with Crippen LogP contribution in [0, 0.1) is 0 Å². The molecule has 0 spiro atoms. The normalized spacial score (nSPS) is 14.8. The molecule has 2 rings (SSSR count). The van der Waals surface area contributed by atoms with E-state index in [1.54, 1.807) is 7.05 Å². The van der Waals surface area contributed by atoms with E-state index in [9.17, 15) is 9.59 Å². The minimum absolute atomic E-state index is 0.200. The first-order valence-corrected chi connectivity index (χ1v) is 4.25. The summed E-state index contributed by atoms with van der Waals surface area (Å²) in [6.45, 7) is 0.526. The fourth-order valence-corrected chi connectivity index (χ4v) is 1.67. The number of hydrogen-bond acceptors (Lipinski definition) is 3. The third-order valence-corrected chi connectivity index (χ3v) is 2.25. The minimum atomic E-state index is -0.587. The number of nitrogens with zero attached hydrogens (tertiary/aromatic N) is 2. The summed E-state index contributed by atoms with van der Waals surface area (Å²) in [4.78, 5) is 22.4. The number of aromatic nitrogens is 2. The Bertz CT molecular complexity index is 421. The average molecular weight is 194 g/mol. The van der Waals surface area contributed by atoms with E-state index in [0.717, 1.165) is 0 Å². The molecule has 0 saturated carbocycles. The predicted molar refractivity (Wildman–Crippen MR) is 47.8 cm³/mol. The van der Waals surface area contributed by atoms with Crippen LogP contribution in [0.1, 0.15) is 26.5 Å². The molecular formula is C8H10N4O2. The lowest BCUT2D eigenvalue weighted by Crippen LogP contribution is -2.33. The Hall–Kier alpha value is -1.85. The Morgan fingerprint density at radius 2 is 2.36 bits per heavy atom. The molecule has 3 N–H and O–H groups in total. The highest BCUT2D eigenvalue weighted by molar-refractivity contribution is 6.00. The van der Waals surface area contributed by atoms with Crippen LogP contribution in [0.5, 0.6) is 0 Å². The van der Waals surface area contributed by atoms with Crippen LogP contribution >= 0.6 is 0 Å². The molecule has 1 aromatic heterocycles. The summed E-state index contributed by atoms with van der Waals surface area (Å²) in [5.74, 6) is -0.787. The zero-order valence-electron chi connectivity index (χ0n) is 7.70. The van der Waals surface area contributed by atoms with E-state index >= 15 is 0 Å². The fourth-order valence-electron chi connectivity index (χ4n) is 1.67. The summed E-state index contributed by atoms with van der Waals surface area (Å²) >= 11 is 0. The maximum absolute atomic E-state index is 11.4. The lowest BCUT2D eigenvalue weighted by Gasteiger charge is -2.12. The molecule has 74 valence electrons. The van der Waals surface area contributed by atoms with Gasteiger partial charge in [0.05, 0.1) is 0 Å².